The third-order valence-corrected chi connectivity index (χ3v) is 1.49. The molecule has 0 bridgehead atoms. The fraction of sp³-hybridized carbons (Fsp3) is 0.667. The fourth-order valence-electron chi connectivity index (χ4n) is 0.919. The first-order chi connectivity index (χ1) is 4.20. The van der Waals surface area contributed by atoms with Crippen molar-refractivity contribution < 1.29 is 9.59 Å². The zero-order valence-corrected chi connectivity index (χ0v) is 5.31. The minimum Gasteiger partial charge on any atom is -0.346 e. The van der Waals surface area contributed by atoms with E-state index in [4.69, 9.17) is 0 Å². The van der Waals surface area contributed by atoms with Crippen molar-refractivity contribution >= 4 is 11.7 Å². The highest BCUT2D eigenvalue weighted by atomic mass is 16.2. The highest BCUT2D eigenvalue weighted by Gasteiger charge is 2.23. The van der Waals surface area contributed by atoms with Gasteiger partial charge in [0.05, 0.1) is 6.04 Å². The summed E-state index contributed by atoms with van der Waals surface area (Å²) in [6.07, 6.45) is 1.18. The number of Topliss-reactive ketones (excluding diaryl/α,β-unsaturated/α-hetero) is 1. The third kappa shape index (κ3) is 1.28. The molecule has 1 unspecified atom stereocenters. The Morgan fingerprint density at radius 3 is 2.67 bits per heavy atom. The Bertz CT molecular complexity index is 153. The molecule has 1 heterocycles. The summed E-state index contributed by atoms with van der Waals surface area (Å²) < 4.78 is 0. The average Bonchev–Trinajstić information content (AvgIpc) is 2.14. The minimum absolute atomic E-state index is 0.00444. The smallest absolute Gasteiger partial charge is 0.220 e. The van der Waals surface area contributed by atoms with Crippen molar-refractivity contribution in [1.82, 2.24) is 5.32 Å². The molecule has 0 radical (unpaired) electrons. The minimum atomic E-state index is -0.197. The Balaban J connectivity index is 2.48. The number of amides is 1. The lowest BCUT2D eigenvalue weighted by atomic mass is 10.2. The lowest BCUT2D eigenvalue weighted by Gasteiger charge is -2.01. The van der Waals surface area contributed by atoms with Crippen molar-refractivity contribution in [2.75, 3.05) is 0 Å². The van der Waals surface area contributed by atoms with Crippen LogP contribution in [0.25, 0.3) is 0 Å². The van der Waals surface area contributed by atoms with Crippen LogP contribution in [0.15, 0.2) is 0 Å². The molecule has 1 atom stereocenters. The van der Waals surface area contributed by atoms with Crippen LogP contribution in [-0.2, 0) is 9.59 Å². The molecular weight excluding hydrogens is 118 g/mol. The van der Waals surface area contributed by atoms with Crippen molar-refractivity contribution in [2.24, 2.45) is 0 Å². The molecule has 1 fully saturated rings. The van der Waals surface area contributed by atoms with Crippen molar-refractivity contribution in [3.05, 3.63) is 0 Å². The first-order valence-electron chi connectivity index (χ1n) is 3.00. The van der Waals surface area contributed by atoms with E-state index in [0.29, 0.717) is 12.8 Å². The van der Waals surface area contributed by atoms with Crippen LogP contribution in [-0.4, -0.2) is 17.7 Å². The number of rotatable bonds is 1. The van der Waals surface area contributed by atoms with Gasteiger partial charge in [-0.05, 0) is 13.3 Å². The SMILES string of the molecule is CC(=O)C1CCC(=O)N1. The van der Waals surface area contributed by atoms with Gasteiger partial charge in [-0.15, -0.1) is 0 Å². The fourth-order valence-corrected chi connectivity index (χ4v) is 0.919. The molecule has 0 spiro atoms. The summed E-state index contributed by atoms with van der Waals surface area (Å²) in [6, 6.07) is -0.197. The van der Waals surface area contributed by atoms with Crippen LogP contribution < -0.4 is 5.32 Å². The van der Waals surface area contributed by atoms with Crippen molar-refractivity contribution in [2.45, 2.75) is 25.8 Å². The van der Waals surface area contributed by atoms with Gasteiger partial charge in [0.15, 0.2) is 5.78 Å². The molecule has 0 aromatic carbocycles. The Labute approximate surface area is 53.4 Å². The van der Waals surface area contributed by atoms with Gasteiger partial charge in [0, 0.05) is 6.42 Å². The Morgan fingerprint density at radius 2 is 2.44 bits per heavy atom. The Hall–Kier alpha value is -0.860. The van der Waals surface area contributed by atoms with Gasteiger partial charge in [-0.3, -0.25) is 9.59 Å². The second-order valence-corrected chi connectivity index (χ2v) is 2.27. The summed E-state index contributed by atoms with van der Waals surface area (Å²) >= 11 is 0. The molecule has 1 amide bonds. The predicted octanol–water partition coefficient (Wildman–Crippen LogP) is -0.146. The highest BCUT2D eigenvalue weighted by molar-refractivity contribution is 5.90. The lowest BCUT2D eigenvalue weighted by molar-refractivity contribution is -0.123. The zero-order valence-electron chi connectivity index (χ0n) is 5.31. The maximum atomic E-state index is 10.6. The van der Waals surface area contributed by atoms with E-state index in [2.05, 4.69) is 5.32 Å². The number of nitrogens with one attached hydrogen (secondary N) is 1. The monoisotopic (exact) mass is 127 g/mol. The van der Waals surface area contributed by atoms with E-state index >= 15 is 0 Å². The van der Waals surface area contributed by atoms with Crippen LogP contribution in [0.5, 0.6) is 0 Å². The van der Waals surface area contributed by atoms with Crippen molar-refractivity contribution in [1.29, 1.82) is 0 Å². The summed E-state index contributed by atoms with van der Waals surface area (Å²) in [6.45, 7) is 1.50. The number of carbonyl (C=O) groups excluding carboxylic acids is 2. The molecule has 3 nitrogen and oxygen atoms in total. The summed E-state index contributed by atoms with van der Waals surface area (Å²) in [5.74, 6) is 0.0519. The molecule has 0 aromatic heterocycles. The van der Waals surface area contributed by atoms with Gasteiger partial charge in [0.25, 0.3) is 0 Å². The van der Waals surface area contributed by atoms with Crippen molar-refractivity contribution in [3.63, 3.8) is 0 Å². The first-order valence-corrected chi connectivity index (χ1v) is 3.00. The third-order valence-electron chi connectivity index (χ3n) is 1.49. The maximum absolute atomic E-state index is 10.6. The van der Waals surface area contributed by atoms with Gasteiger partial charge >= 0.3 is 0 Å². The van der Waals surface area contributed by atoms with Gasteiger partial charge in [0.2, 0.25) is 5.91 Å². The molecule has 1 rings (SSSR count). The molecule has 0 aliphatic carbocycles. The lowest BCUT2D eigenvalue weighted by Crippen LogP contribution is -2.31. The van der Waals surface area contributed by atoms with Crippen LogP contribution in [0.4, 0.5) is 0 Å². The molecule has 1 aliphatic heterocycles. The summed E-state index contributed by atoms with van der Waals surface area (Å²) in [5.41, 5.74) is 0. The molecule has 1 saturated heterocycles. The van der Waals surface area contributed by atoms with Gasteiger partial charge in [0.1, 0.15) is 0 Å². The molecule has 9 heavy (non-hydrogen) atoms. The van der Waals surface area contributed by atoms with E-state index < -0.39 is 0 Å². The van der Waals surface area contributed by atoms with E-state index in [1.807, 2.05) is 0 Å². The average molecular weight is 127 g/mol. The zero-order chi connectivity index (χ0) is 6.85. The van der Waals surface area contributed by atoms with E-state index in [0.717, 1.165) is 0 Å². The molecular formula is C6H9NO2. The van der Waals surface area contributed by atoms with Gasteiger partial charge in [-0.25, -0.2) is 0 Å². The van der Waals surface area contributed by atoms with Crippen LogP contribution in [0, 0.1) is 0 Å². The highest BCUT2D eigenvalue weighted by Crippen LogP contribution is 2.06. The Morgan fingerprint density at radius 1 is 1.78 bits per heavy atom. The predicted molar refractivity (Wildman–Crippen MR) is 31.8 cm³/mol. The molecule has 3 heteroatoms. The first kappa shape index (κ1) is 6.26. The van der Waals surface area contributed by atoms with E-state index in [1.165, 1.54) is 6.92 Å². The Kier molecular flexibility index (Phi) is 1.51. The van der Waals surface area contributed by atoms with Gasteiger partial charge in [-0.1, -0.05) is 0 Å². The summed E-state index contributed by atoms with van der Waals surface area (Å²) in [5, 5.41) is 2.56. The second-order valence-electron chi connectivity index (χ2n) is 2.27. The van der Waals surface area contributed by atoms with Crippen LogP contribution in [0.2, 0.25) is 0 Å². The largest absolute Gasteiger partial charge is 0.346 e. The van der Waals surface area contributed by atoms with Gasteiger partial charge in [-0.2, -0.15) is 0 Å². The molecule has 0 aromatic rings. The number of ketones is 1. The molecule has 1 N–H and O–H groups in total. The number of hydrogen-bond donors (Lipinski definition) is 1. The topological polar surface area (TPSA) is 46.2 Å². The summed E-state index contributed by atoms with van der Waals surface area (Å²) in [4.78, 5) is 21.1. The number of hydrogen-bond acceptors (Lipinski definition) is 2. The summed E-state index contributed by atoms with van der Waals surface area (Å²) in [7, 11) is 0. The van der Waals surface area contributed by atoms with E-state index in [9.17, 15) is 9.59 Å². The van der Waals surface area contributed by atoms with Crippen LogP contribution in [0.3, 0.4) is 0 Å². The molecule has 50 valence electrons. The van der Waals surface area contributed by atoms with Crippen LogP contribution in [0.1, 0.15) is 19.8 Å². The van der Waals surface area contributed by atoms with E-state index in [-0.39, 0.29) is 17.7 Å². The maximum Gasteiger partial charge on any atom is 0.220 e. The standard InChI is InChI=1S/C6H9NO2/c1-4(8)5-2-3-6(9)7-5/h5H,2-3H2,1H3,(H,7,9). The molecule has 0 saturated carbocycles. The van der Waals surface area contributed by atoms with E-state index in [1.54, 1.807) is 0 Å². The quantitative estimate of drug-likeness (QED) is 0.532. The van der Waals surface area contributed by atoms with Crippen LogP contribution >= 0.6 is 0 Å². The molecule has 1 aliphatic rings. The normalized spacial score (nSPS) is 25.9. The number of carbonyl (C=O) groups is 2. The second kappa shape index (κ2) is 2.17. The van der Waals surface area contributed by atoms with Gasteiger partial charge < -0.3 is 5.32 Å². The van der Waals surface area contributed by atoms with Crippen molar-refractivity contribution in [3.8, 4) is 0 Å².